The molecular formula is C4H7ClO3. The largest absolute Gasteiger partial charge is 0.480 e. The summed E-state index contributed by atoms with van der Waals surface area (Å²) in [5.41, 5.74) is 0. The summed E-state index contributed by atoms with van der Waals surface area (Å²) in [7, 11) is 0. The zero-order chi connectivity index (χ0) is 6.73. The zero-order valence-electron chi connectivity index (χ0n) is 4.34. The third kappa shape index (κ3) is 2.14. The summed E-state index contributed by atoms with van der Waals surface area (Å²) in [4.78, 5) is 9.85. The van der Waals surface area contributed by atoms with Crippen molar-refractivity contribution in [2.24, 2.45) is 0 Å². The van der Waals surface area contributed by atoms with Gasteiger partial charge in [0.05, 0.1) is 6.10 Å². The van der Waals surface area contributed by atoms with Gasteiger partial charge >= 0.3 is 5.97 Å². The minimum Gasteiger partial charge on any atom is -0.480 e. The lowest BCUT2D eigenvalue weighted by Gasteiger charge is -2.04. The third-order valence-electron chi connectivity index (χ3n) is 0.659. The number of rotatable bonds is 2. The van der Waals surface area contributed by atoms with Crippen LogP contribution in [0.2, 0.25) is 0 Å². The van der Waals surface area contributed by atoms with E-state index in [4.69, 9.17) is 21.8 Å². The van der Waals surface area contributed by atoms with Gasteiger partial charge in [-0.05, 0) is 6.92 Å². The number of hydrogen-bond donors (Lipinski definition) is 2. The molecule has 0 aliphatic heterocycles. The van der Waals surface area contributed by atoms with E-state index in [0.29, 0.717) is 0 Å². The second-order valence-electron chi connectivity index (χ2n) is 1.48. The first kappa shape index (κ1) is 7.72. The fourth-order valence-electron chi connectivity index (χ4n) is 0.206. The number of aliphatic carboxylic acids is 1. The van der Waals surface area contributed by atoms with Gasteiger partial charge in [0.25, 0.3) is 0 Å². The smallest absolute Gasteiger partial charge is 0.324 e. The molecule has 0 rings (SSSR count). The van der Waals surface area contributed by atoms with Crippen molar-refractivity contribution >= 4 is 17.6 Å². The fraction of sp³-hybridized carbons (Fsp3) is 0.750. The Bertz CT molecular complexity index is 91.3. The Morgan fingerprint density at radius 1 is 1.75 bits per heavy atom. The first-order valence-corrected chi connectivity index (χ1v) is 2.54. The molecular weight excluding hydrogens is 131 g/mol. The second-order valence-corrected chi connectivity index (χ2v) is 1.95. The van der Waals surface area contributed by atoms with Gasteiger partial charge in [0.2, 0.25) is 0 Å². The van der Waals surface area contributed by atoms with Gasteiger partial charge in [0.1, 0.15) is 0 Å². The maximum absolute atomic E-state index is 9.85. The van der Waals surface area contributed by atoms with Crippen LogP contribution in [0.5, 0.6) is 0 Å². The van der Waals surface area contributed by atoms with Crippen molar-refractivity contribution < 1.29 is 15.0 Å². The average Bonchev–Trinajstić information content (AvgIpc) is 1.64. The molecule has 0 aromatic carbocycles. The first-order chi connectivity index (χ1) is 3.55. The van der Waals surface area contributed by atoms with Crippen LogP contribution in [0.25, 0.3) is 0 Å². The number of aliphatic hydroxyl groups excluding tert-OH is 1. The molecule has 1 unspecified atom stereocenters. The van der Waals surface area contributed by atoms with Crippen molar-refractivity contribution in [1.82, 2.24) is 0 Å². The van der Waals surface area contributed by atoms with E-state index >= 15 is 0 Å². The van der Waals surface area contributed by atoms with Crippen LogP contribution in [0.1, 0.15) is 6.92 Å². The highest BCUT2D eigenvalue weighted by Gasteiger charge is 2.18. The Morgan fingerprint density at radius 3 is 2.12 bits per heavy atom. The molecule has 0 aromatic heterocycles. The highest BCUT2D eigenvalue weighted by atomic mass is 35.5. The molecule has 0 amide bonds. The highest BCUT2D eigenvalue weighted by Crippen LogP contribution is 2.00. The van der Waals surface area contributed by atoms with Crippen molar-refractivity contribution in [2.75, 3.05) is 0 Å². The number of carbonyl (C=O) groups is 1. The van der Waals surface area contributed by atoms with Crippen LogP contribution < -0.4 is 0 Å². The lowest BCUT2D eigenvalue weighted by atomic mass is 10.3. The third-order valence-corrected chi connectivity index (χ3v) is 1.21. The van der Waals surface area contributed by atoms with E-state index in [2.05, 4.69) is 0 Å². The highest BCUT2D eigenvalue weighted by molar-refractivity contribution is 6.30. The molecule has 0 radical (unpaired) electrons. The number of aliphatic hydroxyl groups is 1. The van der Waals surface area contributed by atoms with Crippen LogP contribution >= 0.6 is 11.6 Å². The molecule has 48 valence electrons. The minimum atomic E-state index is -1.19. The summed E-state index contributed by atoms with van der Waals surface area (Å²) < 4.78 is 0. The maximum Gasteiger partial charge on any atom is 0.324 e. The van der Waals surface area contributed by atoms with Crippen LogP contribution in [-0.4, -0.2) is 27.7 Å². The number of alkyl halides is 1. The normalized spacial score (nSPS) is 17.4. The predicted molar refractivity (Wildman–Crippen MR) is 29.0 cm³/mol. The monoisotopic (exact) mass is 138 g/mol. The Kier molecular flexibility index (Phi) is 2.79. The molecule has 0 saturated carbocycles. The molecule has 0 heterocycles. The van der Waals surface area contributed by atoms with E-state index in [1.165, 1.54) is 6.92 Å². The first-order valence-electron chi connectivity index (χ1n) is 2.10. The summed E-state index contributed by atoms with van der Waals surface area (Å²) >= 11 is 5.10. The minimum absolute atomic E-state index is 0.992. The van der Waals surface area contributed by atoms with Gasteiger partial charge in [-0.1, -0.05) is 0 Å². The SMILES string of the molecule is C[C@@H](O)C(Cl)C(=O)O. The van der Waals surface area contributed by atoms with Crippen LogP contribution in [0.15, 0.2) is 0 Å². The van der Waals surface area contributed by atoms with Crippen LogP contribution in [-0.2, 0) is 4.79 Å². The summed E-state index contributed by atoms with van der Waals surface area (Å²) in [6.07, 6.45) is -0.992. The Labute approximate surface area is 51.9 Å². The van der Waals surface area contributed by atoms with Crippen molar-refractivity contribution in [3.8, 4) is 0 Å². The summed E-state index contributed by atoms with van der Waals surface area (Å²) in [5.74, 6) is -1.19. The van der Waals surface area contributed by atoms with E-state index in [9.17, 15) is 4.79 Å². The summed E-state index contributed by atoms with van der Waals surface area (Å²) in [5, 5.41) is 15.4. The molecule has 0 spiro atoms. The van der Waals surface area contributed by atoms with Gasteiger partial charge in [0, 0.05) is 0 Å². The zero-order valence-corrected chi connectivity index (χ0v) is 5.09. The van der Waals surface area contributed by atoms with Gasteiger partial charge in [-0.3, -0.25) is 4.79 Å². The Hall–Kier alpha value is -0.280. The van der Waals surface area contributed by atoms with E-state index < -0.39 is 17.5 Å². The molecule has 0 fully saturated rings. The number of hydrogen-bond acceptors (Lipinski definition) is 2. The molecule has 2 N–H and O–H groups in total. The number of halogens is 1. The lowest BCUT2D eigenvalue weighted by molar-refractivity contribution is -0.138. The second kappa shape index (κ2) is 2.89. The predicted octanol–water partition coefficient (Wildman–Crippen LogP) is 0.0592. The number of carboxylic acid groups (broad SMARTS) is 1. The van der Waals surface area contributed by atoms with Crippen molar-refractivity contribution in [3.05, 3.63) is 0 Å². The van der Waals surface area contributed by atoms with Gasteiger partial charge < -0.3 is 10.2 Å². The van der Waals surface area contributed by atoms with Gasteiger partial charge in [-0.2, -0.15) is 0 Å². The quantitative estimate of drug-likeness (QED) is 0.531. The maximum atomic E-state index is 9.85. The molecule has 0 aliphatic rings. The molecule has 4 heteroatoms. The van der Waals surface area contributed by atoms with Gasteiger partial charge in [-0.15, -0.1) is 11.6 Å². The summed E-state index contributed by atoms with van der Waals surface area (Å²) in [6.45, 7) is 1.33. The van der Waals surface area contributed by atoms with Crippen molar-refractivity contribution in [1.29, 1.82) is 0 Å². The molecule has 0 aromatic rings. The van der Waals surface area contributed by atoms with Crippen molar-refractivity contribution in [3.63, 3.8) is 0 Å². The molecule has 0 bridgehead atoms. The van der Waals surface area contributed by atoms with Crippen LogP contribution in [0, 0.1) is 0 Å². The van der Waals surface area contributed by atoms with Crippen LogP contribution in [0.3, 0.4) is 0 Å². The van der Waals surface area contributed by atoms with E-state index in [1.54, 1.807) is 0 Å². The summed E-state index contributed by atoms with van der Waals surface area (Å²) in [6, 6.07) is 0. The molecule has 0 aliphatic carbocycles. The topological polar surface area (TPSA) is 57.5 Å². The molecule has 0 saturated heterocycles. The standard InChI is InChI=1S/C4H7ClO3/c1-2(6)3(5)4(7)8/h2-3,6H,1H3,(H,7,8)/t2-,3?/m1/s1. The van der Waals surface area contributed by atoms with E-state index in [-0.39, 0.29) is 0 Å². The van der Waals surface area contributed by atoms with Gasteiger partial charge in [0.15, 0.2) is 5.38 Å². The van der Waals surface area contributed by atoms with E-state index in [0.717, 1.165) is 0 Å². The average molecular weight is 139 g/mol. The molecule has 3 nitrogen and oxygen atoms in total. The molecule has 8 heavy (non-hydrogen) atoms. The van der Waals surface area contributed by atoms with E-state index in [1.807, 2.05) is 0 Å². The van der Waals surface area contributed by atoms with Gasteiger partial charge in [-0.25, -0.2) is 0 Å². The van der Waals surface area contributed by atoms with Crippen molar-refractivity contribution in [2.45, 2.75) is 18.4 Å². The Balaban J connectivity index is 3.64. The molecule has 2 atom stereocenters. The Morgan fingerprint density at radius 2 is 2.12 bits per heavy atom. The fourth-order valence-corrected chi connectivity index (χ4v) is 0.206. The lowest BCUT2D eigenvalue weighted by Crippen LogP contribution is -2.25. The van der Waals surface area contributed by atoms with Crippen LogP contribution in [0.4, 0.5) is 0 Å². The number of carboxylic acids is 1.